The van der Waals surface area contributed by atoms with E-state index >= 15 is 0 Å². The van der Waals surface area contributed by atoms with E-state index in [-0.39, 0.29) is 6.04 Å². The van der Waals surface area contributed by atoms with Crippen LogP contribution in [0.15, 0.2) is 12.4 Å². The molecule has 1 saturated heterocycles. The molecule has 6 heteroatoms. The fourth-order valence-electron chi connectivity index (χ4n) is 1.96. The number of likely N-dealkylation sites (tertiary alicyclic amines) is 1. The normalized spacial score (nSPS) is 19.5. The van der Waals surface area contributed by atoms with Crippen LogP contribution in [0, 0.1) is 0 Å². The predicted octanol–water partition coefficient (Wildman–Crippen LogP) is 1.20. The zero-order chi connectivity index (χ0) is 11.5. The van der Waals surface area contributed by atoms with Gasteiger partial charge in [0, 0.05) is 31.5 Å². The lowest BCUT2D eigenvalue weighted by Gasteiger charge is -2.29. The Balaban J connectivity index is 1.96. The second-order valence-electron chi connectivity index (χ2n) is 4.14. The Bertz CT molecular complexity index is 331. The molecule has 2 heterocycles. The number of hydrogen-bond donors (Lipinski definition) is 1. The Morgan fingerprint density at radius 2 is 2.12 bits per heavy atom. The van der Waals surface area contributed by atoms with Crippen LogP contribution < -0.4 is 5.73 Å². The molecular formula is C10H16F2N4. The fourth-order valence-corrected chi connectivity index (χ4v) is 1.96. The number of halogens is 2. The highest BCUT2D eigenvalue weighted by Gasteiger charge is 2.19. The highest BCUT2D eigenvalue weighted by atomic mass is 19.3. The van der Waals surface area contributed by atoms with Gasteiger partial charge < -0.3 is 5.73 Å². The zero-order valence-electron chi connectivity index (χ0n) is 9.02. The minimum Gasteiger partial charge on any atom is -0.328 e. The first kappa shape index (κ1) is 11.5. The topological polar surface area (TPSA) is 47.1 Å². The number of imidazole rings is 1. The smallest absolute Gasteiger partial charge is 0.319 e. The number of piperidine rings is 1. The van der Waals surface area contributed by atoms with Crippen LogP contribution in [-0.2, 0) is 6.54 Å². The summed E-state index contributed by atoms with van der Waals surface area (Å²) in [6.45, 7) is -0.317. The van der Waals surface area contributed by atoms with E-state index in [1.54, 1.807) is 0 Å². The molecule has 0 unspecified atom stereocenters. The molecule has 0 bridgehead atoms. The van der Waals surface area contributed by atoms with Crippen LogP contribution in [-0.4, -0.2) is 33.6 Å². The van der Waals surface area contributed by atoms with Gasteiger partial charge in [0.2, 0.25) is 0 Å². The molecule has 1 aliphatic heterocycles. The lowest BCUT2D eigenvalue weighted by Crippen LogP contribution is -2.39. The molecule has 1 aromatic rings. The molecular weight excluding hydrogens is 214 g/mol. The van der Waals surface area contributed by atoms with Gasteiger partial charge in [-0.05, 0) is 12.8 Å². The first-order valence-electron chi connectivity index (χ1n) is 5.44. The van der Waals surface area contributed by atoms with Crippen molar-refractivity contribution in [2.24, 2.45) is 5.73 Å². The Hall–Kier alpha value is -1.01. The van der Waals surface area contributed by atoms with E-state index in [4.69, 9.17) is 5.73 Å². The molecule has 0 atom stereocenters. The van der Waals surface area contributed by atoms with Crippen molar-refractivity contribution < 1.29 is 8.78 Å². The van der Waals surface area contributed by atoms with Crippen LogP contribution in [0.25, 0.3) is 0 Å². The lowest BCUT2D eigenvalue weighted by atomic mass is 10.1. The van der Waals surface area contributed by atoms with E-state index in [2.05, 4.69) is 9.88 Å². The van der Waals surface area contributed by atoms with Gasteiger partial charge in [0.1, 0.15) is 5.82 Å². The molecule has 1 aromatic heterocycles. The average Bonchev–Trinajstić information content (AvgIpc) is 2.69. The largest absolute Gasteiger partial charge is 0.328 e. The average molecular weight is 230 g/mol. The molecule has 1 aliphatic rings. The van der Waals surface area contributed by atoms with Gasteiger partial charge in [-0.25, -0.2) is 4.98 Å². The zero-order valence-corrected chi connectivity index (χ0v) is 9.02. The van der Waals surface area contributed by atoms with Crippen LogP contribution in [0.5, 0.6) is 0 Å². The van der Waals surface area contributed by atoms with Crippen molar-refractivity contribution in [1.29, 1.82) is 0 Å². The maximum Gasteiger partial charge on any atom is 0.319 e. The van der Waals surface area contributed by atoms with Gasteiger partial charge in [-0.15, -0.1) is 0 Å². The van der Waals surface area contributed by atoms with Gasteiger partial charge in [-0.1, -0.05) is 0 Å². The summed E-state index contributed by atoms with van der Waals surface area (Å²) in [7, 11) is 0. The number of hydrogen-bond acceptors (Lipinski definition) is 3. The molecule has 0 aromatic carbocycles. The number of nitrogens with two attached hydrogens (primary N) is 1. The van der Waals surface area contributed by atoms with E-state index in [0.29, 0.717) is 12.4 Å². The lowest BCUT2D eigenvalue weighted by molar-refractivity contribution is 0.0629. The summed E-state index contributed by atoms with van der Waals surface area (Å²) < 4.78 is 26.0. The standard InChI is InChI=1S/C10H16F2N4/c11-10(12)16-6-3-14-9(16)7-15-4-1-8(13)2-5-15/h3,6,8,10H,1-2,4-5,7,13H2. The number of aromatic nitrogens is 2. The minimum atomic E-state index is -2.51. The molecule has 2 rings (SSSR count). The second-order valence-corrected chi connectivity index (χ2v) is 4.14. The third kappa shape index (κ3) is 2.56. The van der Waals surface area contributed by atoms with Gasteiger partial charge in [-0.2, -0.15) is 8.78 Å². The number of nitrogens with zero attached hydrogens (tertiary/aromatic N) is 3. The quantitative estimate of drug-likeness (QED) is 0.848. The van der Waals surface area contributed by atoms with Crippen LogP contribution in [0.2, 0.25) is 0 Å². The summed E-state index contributed by atoms with van der Waals surface area (Å²) in [5, 5.41) is 0. The maximum absolute atomic E-state index is 12.6. The van der Waals surface area contributed by atoms with Crippen LogP contribution in [0.1, 0.15) is 25.2 Å². The van der Waals surface area contributed by atoms with Gasteiger partial charge in [0.05, 0.1) is 6.54 Å². The SMILES string of the molecule is NC1CCN(Cc2nccn2C(F)F)CC1. The van der Waals surface area contributed by atoms with E-state index in [1.165, 1.54) is 12.4 Å². The summed E-state index contributed by atoms with van der Waals surface area (Å²) >= 11 is 0. The van der Waals surface area contributed by atoms with Crippen molar-refractivity contribution in [3.05, 3.63) is 18.2 Å². The number of rotatable bonds is 3. The highest BCUT2D eigenvalue weighted by Crippen LogP contribution is 2.16. The van der Waals surface area contributed by atoms with E-state index in [1.807, 2.05) is 0 Å². The summed E-state index contributed by atoms with van der Waals surface area (Å²) in [6.07, 6.45) is 4.58. The van der Waals surface area contributed by atoms with Gasteiger partial charge in [-0.3, -0.25) is 9.47 Å². The molecule has 90 valence electrons. The maximum atomic E-state index is 12.6. The Morgan fingerprint density at radius 1 is 1.44 bits per heavy atom. The summed E-state index contributed by atoms with van der Waals surface area (Å²) in [5.41, 5.74) is 5.78. The summed E-state index contributed by atoms with van der Waals surface area (Å²) in [6, 6.07) is 0.256. The van der Waals surface area contributed by atoms with Crippen molar-refractivity contribution in [3.63, 3.8) is 0 Å². The van der Waals surface area contributed by atoms with Gasteiger partial charge in [0.25, 0.3) is 0 Å². The van der Waals surface area contributed by atoms with Crippen LogP contribution in [0.3, 0.4) is 0 Å². The van der Waals surface area contributed by atoms with Gasteiger partial charge in [0.15, 0.2) is 0 Å². The monoisotopic (exact) mass is 230 g/mol. The van der Waals surface area contributed by atoms with Gasteiger partial charge >= 0.3 is 6.55 Å². The first-order valence-corrected chi connectivity index (χ1v) is 5.44. The third-order valence-electron chi connectivity index (χ3n) is 2.96. The molecule has 16 heavy (non-hydrogen) atoms. The molecule has 4 nitrogen and oxygen atoms in total. The molecule has 0 amide bonds. The highest BCUT2D eigenvalue weighted by molar-refractivity contribution is 4.93. The Morgan fingerprint density at radius 3 is 2.75 bits per heavy atom. The predicted molar refractivity (Wildman–Crippen MR) is 56.0 cm³/mol. The van der Waals surface area contributed by atoms with Crippen LogP contribution >= 0.6 is 0 Å². The molecule has 0 aliphatic carbocycles. The van der Waals surface area contributed by atoms with E-state index in [0.717, 1.165) is 30.5 Å². The molecule has 0 spiro atoms. The Labute approximate surface area is 93.0 Å². The Kier molecular flexibility index (Phi) is 3.50. The second kappa shape index (κ2) is 4.88. The summed E-state index contributed by atoms with van der Waals surface area (Å²) in [5.74, 6) is 0.422. The number of alkyl halides is 2. The van der Waals surface area contributed by atoms with E-state index < -0.39 is 6.55 Å². The van der Waals surface area contributed by atoms with Crippen molar-refractivity contribution in [2.75, 3.05) is 13.1 Å². The van der Waals surface area contributed by atoms with E-state index in [9.17, 15) is 8.78 Å². The molecule has 1 fully saturated rings. The minimum absolute atomic E-state index is 0.256. The van der Waals surface area contributed by atoms with Crippen molar-refractivity contribution >= 4 is 0 Å². The molecule has 0 radical (unpaired) electrons. The third-order valence-corrected chi connectivity index (χ3v) is 2.96. The van der Waals surface area contributed by atoms with Crippen molar-refractivity contribution in [3.8, 4) is 0 Å². The fraction of sp³-hybridized carbons (Fsp3) is 0.700. The van der Waals surface area contributed by atoms with Crippen molar-refractivity contribution in [1.82, 2.24) is 14.5 Å². The molecule has 2 N–H and O–H groups in total. The summed E-state index contributed by atoms with van der Waals surface area (Å²) in [4.78, 5) is 6.08. The van der Waals surface area contributed by atoms with Crippen LogP contribution in [0.4, 0.5) is 8.78 Å². The molecule has 0 saturated carbocycles. The first-order chi connectivity index (χ1) is 7.66. The van der Waals surface area contributed by atoms with Crippen molar-refractivity contribution in [2.45, 2.75) is 32.0 Å².